The van der Waals surface area contributed by atoms with Crippen LogP contribution in [0, 0.1) is 6.92 Å². The SMILES string of the molecule is Cc1cc(Nc2ncn(-c3cccnc3)n2)cc(OC(F)(F)F)c1. The Morgan fingerprint density at radius 1 is 1.21 bits per heavy atom. The van der Waals surface area contributed by atoms with Gasteiger partial charge in [0.25, 0.3) is 0 Å². The highest BCUT2D eigenvalue weighted by atomic mass is 19.4. The summed E-state index contributed by atoms with van der Waals surface area (Å²) in [5.41, 5.74) is 1.70. The Morgan fingerprint density at radius 2 is 2.04 bits per heavy atom. The predicted molar refractivity (Wildman–Crippen MR) is 80.3 cm³/mol. The van der Waals surface area contributed by atoms with E-state index in [1.54, 1.807) is 37.5 Å². The van der Waals surface area contributed by atoms with Crippen LogP contribution in [-0.4, -0.2) is 26.1 Å². The zero-order valence-corrected chi connectivity index (χ0v) is 12.4. The Morgan fingerprint density at radius 3 is 2.75 bits per heavy atom. The van der Waals surface area contributed by atoms with Crippen molar-refractivity contribution in [1.82, 2.24) is 19.7 Å². The summed E-state index contributed by atoms with van der Waals surface area (Å²) in [4.78, 5) is 8.05. The lowest BCUT2D eigenvalue weighted by molar-refractivity contribution is -0.274. The normalized spacial score (nSPS) is 11.3. The summed E-state index contributed by atoms with van der Waals surface area (Å²) in [6.45, 7) is 1.66. The number of nitrogens with zero attached hydrogens (tertiary/aromatic N) is 4. The Labute approximate surface area is 134 Å². The van der Waals surface area contributed by atoms with Crippen molar-refractivity contribution in [3.05, 3.63) is 54.6 Å². The smallest absolute Gasteiger partial charge is 0.406 e. The third-order valence-corrected chi connectivity index (χ3v) is 2.94. The van der Waals surface area contributed by atoms with E-state index in [0.29, 0.717) is 16.9 Å². The summed E-state index contributed by atoms with van der Waals surface area (Å²) in [6, 6.07) is 7.73. The molecule has 1 aromatic carbocycles. The first-order chi connectivity index (χ1) is 11.4. The van der Waals surface area contributed by atoms with Crippen LogP contribution < -0.4 is 10.1 Å². The van der Waals surface area contributed by atoms with Crippen molar-refractivity contribution in [3.8, 4) is 11.4 Å². The lowest BCUT2D eigenvalue weighted by Crippen LogP contribution is -2.17. The van der Waals surface area contributed by atoms with Crippen LogP contribution in [0.15, 0.2) is 49.1 Å². The number of hydrogen-bond acceptors (Lipinski definition) is 5. The van der Waals surface area contributed by atoms with Crippen molar-refractivity contribution < 1.29 is 17.9 Å². The van der Waals surface area contributed by atoms with Gasteiger partial charge in [-0.25, -0.2) is 4.68 Å². The molecule has 124 valence electrons. The third-order valence-electron chi connectivity index (χ3n) is 2.94. The molecule has 0 aliphatic rings. The van der Waals surface area contributed by atoms with Crippen molar-refractivity contribution in [3.63, 3.8) is 0 Å². The number of halogens is 3. The highest BCUT2D eigenvalue weighted by molar-refractivity contribution is 5.57. The number of hydrogen-bond donors (Lipinski definition) is 1. The van der Waals surface area contributed by atoms with Crippen molar-refractivity contribution in [1.29, 1.82) is 0 Å². The molecule has 0 unspecified atom stereocenters. The standard InChI is InChI=1S/C15H12F3N5O/c1-10-5-11(7-13(6-10)24-15(16,17)18)21-14-20-9-23(22-14)12-3-2-4-19-8-12/h2-9H,1H3,(H,21,22). The number of benzene rings is 1. The highest BCUT2D eigenvalue weighted by Gasteiger charge is 2.31. The summed E-state index contributed by atoms with van der Waals surface area (Å²) in [7, 11) is 0. The second kappa shape index (κ2) is 6.19. The minimum Gasteiger partial charge on any atom is -0.406 e. The van der Waals surface area contributed by atoms with E-state index in [2.05, 4.69) is 25.1 Å². The Balaban J connectivity index is 1.80. The number of nitrogens with one attached hydrogen (secondary N) is 1. The van der Waals surface area contributed by atoms with Crippen molar-refractivity contribution >= 4 is 11.6 Å². The molecule has 0 bridgehead atoms. The average molecular weight is 335 g/mol. The van der Waals surface area contributed by atoms with E-state index in [4.69, 9.17) is 0 Å². The molecule has 0 amide bonds. The number of alkyl halides is 3. The molecule has 0 saturated heterocycles. The molecule has 0 radical (unpaired) electrons. The summed E-state index contributed by atoms with van der Waals surface area (Å²) in [5, 5.41) is 7.05. The minimum atomic E-state index is -4.74. The summed E-state index contributed by atoms with van der Waals surface area (Å²) in [5.74, 6) is -0.0703. The molecule has 0 aliphatic carbocycles. The molecule has 0 saturated carbocycles. The average Bonchev–Trinajstić information content (AvgIpc) is 2.94. The second-order valence-electron chi connectivity index (χ2n) is 4.93. The molecular weight excluding hydrogens is 323 g/mol. The van der Waals surface area contributed by atoms with Crippen LogP contribution in [0.5, 0.6) is 5.75 Å². The van der Waals surface area contributed by atoms with Gasteiger partial charge >= 0.3 is 6.36 Å². The Kier molecular flexibility index (Phi) is 4.07. The van der Waals surface area contributed by atoms with Crippen LogP contribution in [0.2, 0.25) is 0 Å². The van der Waals surface area contributed by atoms with E-state index in [-0.39, 0.29) is 11.7 Å². The van der Waals surface area contributed by atoms with Crippen LogP contribution in [0.4, 0.5) is 24.8 Å². The number of rotatable bonds is 4. The number of aromatic nitrogens is 4. The van der Waals surface area contributed by atoms with E-state index in [0.717, 1.165) is 0 Å². The molecule has 0 spiro atoms. The van der Waals surface area contributed by atoms with Gasteiger partial charge < -0.3 is 10.1 Å². The topological polar surface area (TPSA) is 64.9 Å². The van der Waals surface area contributed by atoms with Crippen LogP contribution in [0.1, 0.15) is 5.56 Å². The predicted octanol–water partition coefficient (Wildman–Crippen LogP) is 3.61. The number of aryl methyl sites for hydroxylation is 1. The number of ether oxygens (including phenoxy) is 1. The fourth-order valence-corrected chi connectivity index (χ4v) is 2.08. The lowest BCUT2D eigenvalue weighted by Gasteiger charge is -2.11. The molecule has 24 heavy (non-hydrogen) atoms. The monoisotopic (exact) mass is 335 g/mol. The van der Waals surface area contributed by atoms with E-state index in [1.807, 2.05) is 0 Å². The maximum Gasteiger partial charge on any atom is 0.573 e. The van der Waals surface area contributed by atoms with E-state index in [9.17, 15) is 13.2 Å². The largest absolute Gasteiger partial charge is 0.573 e. The minimum absolute atomic E-state index is 0.238. The van der Waals surface area contributed by atoms with Crippen molar-refractivity contribution in [2.45, 2.75) is 13.3 Å². The van der Waals surface area contributed by atoms with Crippen molar-refractivity contribution in [2.24, 2.45) is 0 Å². The molecule has 3 aromatic rings. The molecule has 2 aromatic heterocycles. The fourth-order valence-electron chi connectivity index (χ4n) is 2.08. The molecule has 3 rings (SSSR count). The zero-order valence-electron chi connectivity index (χ0n) is 12.4. The third kappa shape index (κ3) is 4.00. The zero-order chi connectivity index (χ0) is 17.2. The van der Waals surface area contributed by atoms with Gasteiger partial charge in [-0.3, -0.25) is 4.98 Å². The van der Waals surface area contributed by atoms with Crippen LogP contribution in [-0.2, 0) is 0 Å². The summed E-state index contributed by atoms with van der Waals surface area (Å²) >= 11 is 0. The van der Waals surface area contributed by atoms with Crippen LogP contribution in [0.3, 0.4) is 0 Å². The van der Waals surface area contributed by atoms with Gasteiger partial charge in [-0.1, -0.05) is 0 Å². The van der Waals surface area contributed by atoms with Gasteiger partial charge in [0, 0.05) is 18.0 Å². The number of pyridine rings is 1. The van der Waals surface area contributed by atoms with E-state index >= 15 is 0 Å². The molecular formula is C15H12F3N5O. The Bertz CT molecular complexity index is 833. The van der Waals surface area contributed by atoms with Crippen molar-refractivity contribution in [2.75, 3.05) is 5.32 Å². The molecule has 0 atom stereocenters. The van der Waals surface area contributed by atoms with Gasteiger partial charge in [0.1, 0.15) is 12.1 Å². The lowest BCUT2D eigenvalue weighted by atomic mass is 10.2. The van der Waals surface area contributed by atoms with Gasteiger partial charge in [0.2, 0.25) is 5.95 Å². The van der Waals surface area contributed by atoms with E-state index < -0.39 is 6.36 Å². The fraction of sp³-hybridized carbons (Fsp3) is 0.133. The molecule has 1 N–H and O–H groups in total. The molecule has 0 aliphatic heterocycles. The molecule has 2 heterocycles. The molecule has 6 nitrogen and oxygen atoms in total. The molecule has 0 fully saturated rings. The van der Waals surface area contributed by atoms with Gasteiger partial charge in [-0.2, -0.15) is 4.98 Å². The second-order valence-corrected chi connectivity index (χ2v) is 4.93. The maximum absolute atomic E-state index is 12.3. The van der Waals surface area contributed by atoms with Crippen LogP contribution in [0.25, 0.3) is 5.69 Å². The molecule has 9 heteroatoms. The highest BCUT2D eigenvalue weighted by Crippen LogP contribution is 2.27. The first-order valence-corrected chi connectivity index (χ1v) is 6.85. The maximum atomic E-state index is 12.3. The summed E-state index contributed by atoms with van der Waals surface area (Å²) < 4.78 is 42.5. The van der Waals surface area contributed by atoms with Crippen LogP contribution >= 0.6 is 0 Å². The van der Waals surface area contributed by atoms with Gasteiger partial charge in [0.15, 0.2) is 0 Å². The first-order valence-electron chi connectivity index (χ1n) is 6.85. The van der Waals surface area contributed by atoms with E-state index in [1.165, 1.54) is 23.1 Å². The number of anilines is 2. The van der Waals surface area contributed by atoms with Gasteiger partial charge in [-0.15, -0.1) is 18.3 Å². The van der Waals surface area contributed by atoms with Gasteiger partial charge in [-0.05, 0) is 36.8 Å². The summed E-state index contributed by atoms with van der Waals surface area (Å²) in [6.07, 6.45) is -0.0254. The van der Waals surface area contributed by atoms with Gasteiger partial charge in [0.05, 0.1) is 11.9 Å². The quantitative estimate of drug-likeness (QED) is 0.789. The Hall–Kier alpha value is -3.10. The first kappa shape index (κ1) is 15.8.